The third kappa shape index (κ3) is 5.58. The molecule has 0 aliphatic heterocycles. The third-order valence-corrected chi connectivity index (χ3v) is 2.92. The molecule has 1 amide bonds. The molecule has 128 valence electrons. The van der Waals surface area contributed by atoms with Crippen molar-refractivity contribution in [2.45, 2.75) is 6.61 Å². The highest BCUT2D eigenvalue weighted by atomic mass is 19.3. The van der Waals surface area contributed by atoms with Crippen LogP contribution in [-0.4, -0.2) is 25.1 Å². The second-order valence-corrected chi connectivity index (χ2v) is 4.72. The summed E-state index contributed by atoms with van der Waals surface area (Å²) < 4.78 is 33.1. The maximum atomic E-state index is 12.0. The Morgan fingerprint density at radius 2 is 1.88 bits per heavy atom. The van der Waals surface area contributed by atoms with Crippen LogP contribution in [0.3, 0.4) is 0 Å². The molecule has 6 nitrogen and oxygen atoms in total. The SMILES string of the molecule is N#Cc1cccc(NC(=O)COC(=O)c2ccc(OC(F)F)cc2)c1. The number of ether oxygens (including phenoxy) is 2. The van der Waals surface area contributed by atoms with E-state index in [1.165, 1.54) is 30.3 Å². The van der Waals surface area contributed by atoms with Crippen molar-refractivity contribution in [1.82, 2.24) is 0 Å². The van der Waals surface area contributed by atoms with Gasteiger partial charge in [0.1, 0.15) is 5.75 Å². The van der Waals surface area contributed by atoms with E-state index in [4.69, 9.17) is 10.00 Å². The second kappa shape index (κ2) is 8.40. The van der Waals surface area contributed by atoms with E-state index >= 15 is 0 Å². The van der Waals surface area contributed by atoms with Gasteiger partial charge in [-0.05, 0) is 42.5 Å². The number of rotatable bonds is 6. The average Bonchev–Trinajstić information content (AvgIpc) is 2.60. The first-order chi connectivity index (χ1) is 12.0. The van der Waals surface area contributed by atoms with Crippen LogP contribution < -0.4 is 10.1 Å². The van der Waals surface area contributed by atoms with Gasteiger partial charge in [0, 0.05) is 5.69 Å². The van der Waals surface area contributed by atoms with Crippen LogP contribution in [0.1, 0.15) is 15.9 Å². The van der Waals surface area contributed by atoms with Crippen molar-refractivity contribution in [2.24, 2.45) is 0 Å². The minimum atomic E-state index is -2.96. The molecule has 0 saturated heterocycles. The van der Waals surface area contributed by atoms with Crippen LogP contribution >= 0.6 is 0 Å². The number of carbonyl (C=O) groups excluding carboxylic acids is 2. The minimum Gasteiger partial charge on any atom is -0.452 e. The first-order valence-corrected chi connectivity index (χ1v) is 7.00. The van der Waals surface area contributed by atoms with Crippen molar-refractivity contribution in [3.8, 4) is 11.8 Å². The van der Waals surface area contributed by atoms with E-state index in [9.17, 15) is 18.4 Å². The van der Waals surface area contributed by atoms with Crippen LogP contribution in [0.15, 0.2) is 48.5 Å². The maximum absolute atomic E-state index is 12.0. The molecular weight excluding hydrogens is 334 g/mol. The van der Waals surface area contributed by atoms with Gasteiger partial charge in [-0.1, -0.05) is 6.07 Å². The van der Waals surface area contributed by atoms with Gasteiger partial charge in [-0.15, -0.1) is 0 Å². The summed E-state index contributed by atoms with van der Waals surface area (Å²) in [6.45, 7) is -3.49. The summed E-state index contributed by atoms with van der Waals surface area (Å²) in [7, 11) is 0. The fourth-order valence-electron chi connectivity index (χ4n) is 1.85. The van der Waals surface area contributed by atoms with E-state index in [0.717, 1.165) is 0 Å². The lowest BCUT2D eigenvalue weighted by molar-refractivity contribution is -0.119. The molecule has 25 heavy (non-hydrogen) atoms. The number of esters is 1. The maximum Gasteiger partial charge on any atom is 0.387 e. The number of anilines is 1. The molecule has 0 aromatic heterocycles. The topological polar surface area (TPSA) is 88.4 Å². The number of halogens is 2. The van der Waals surface area contributed by atoms with Gasteiger partial charge >= 0.3 is 12.6 Å². The molecule has 8 heteroatoms. The van der Waals surface area contributed by atoms with Gasteiger partial charge in [0.2, 0.25) is 0 Å². The van der Waals surface area contributed by atoms with Gasteiger partial charge in [0.15, 0.2) is 6.61 Å². The molecule has 0 spiro atoms. The molecule has 1 N–H and O–H groups in total. The summed E-state index contributed by atoms with van der Waals surface area (Å²) in [5, 5.41) is 11.3. The fourth-order valence-corrected chi connectivity index (χ4v) is 1.85. The lowest BCUT2D eigenvalue weighted by atomic mass is 10.2. The van der Waals surface area contributed by atoms with E-state index in [2.05, 4.69) is 10.1 Å². The first-order valence-electron chi connectivity index (χ1n) is 7.00. The van der Waals surface area contributed by atoms with Gasteiger partial charge in [0.25, 0.3) is 5.91 Å². The smallest absolute Gasteiger partial charge is 0.387 e. The number of carbonyl (C=O) groups is 2. The molecule has 0 aliphatic carbocycles. The van der Waals surface area contributed by atoms with Gasteiger partial charge in [-0.2, -0.15) is 14.0 Å². The van der Waals surface area contributed by atoms with Crippen molar-refractivity contribution in [2.75, 3.05) is 11.9 Å². The van der Waals surface area contributed by atoms with Crippen LogP contribution in [0, 0.1) is 11.3 Å². The van der Waals surface area contributed by atoms with Crippen molar-refractivity contribution < 1.29 is 27.8 Å². The van der Waals surface area contributed by atoms with Gasteiger partial charge < -0.3 is 14.8 Å². The standard InChI is InChI=1S/C17H12F2N2O4/c18-17(19)25-14-6-4-12(5-7-14)16(23)24-10-15(22)21-13-3-1-2-11(8-13)9-20/h1-8,17H,10H2,(H,21,22). The van der Waals surface area contributed by atoms with Gasteiger partial charge in [0.05, 0.1) is 17.2 Å². The highest BCUT2D eigenvalue weighted by molar-refractivity contribution is 5.95. The molecule has 0 aliphatic rings. The number of nitriles is 1. The van der Waals surface area contributed by atoms with Crippen LogP contribution in [0.4, 0.5) is 14.5 Å². The molecule has 0 heterocycles. The second-order valence-electron chi connectivity index (χ2n) is 4.72. The Kier molecular flexibility index (Phi) is 6.01. The van der Waals surface area contributed by atoms with E-state index in [1.807, 2.05) is 6.07 Å². The Hall–Kier alpha value is -3.47. The van der Waals surface area contributed by atoms with Crippen LogP contribution in [0.25, 0.3) is 0 Å². The molecule has 0 fully saturated rings. The number of hydrogen-bond donors (Lipinski definition) is 1. The van der Waals surface area contributed by atoms with E-state index in [0.29, 0.717) is 11.3 Å². The van der Waals surface area contributed by atoms with Gasteiger partial charge in [-0.25, -0.2) is 4.79 Å². The predicted octanol–water partition coefficient (Wildman–Crippen LogP) is 2.96. The number of nitrogens with zero attached hydrogens (tertiary/aromatic N) is 1. The molecular formula is C17H12F2N2O4. The summed E-state index contributed by atoms with van der Waals surface area (Å²) >= 11 is 0. The third-order valence-electron chi connectivity index (χ3n) is 2.92. The molecule has 0 bridgehead atoms. The number of alkyl halides is 2. The minimum absolute atomic E-state index is 0.0842. The number of hydrogen-bond acceptors (Lipinski definition) is 5. The van der Waals surface area contributed by atoms with E-state index in [1.54, 1.807) is 18.2 Å². The number of amides is 1. The van der Waals surface area contributed by atoms with Crippen molar-refractivity contribution in [3.63, 3.8) is 0 Å². The Bertz CT molecular complexity index is 801. The van der Waals surface area contributed by atoms with Crippen LogP contribution in [0.5, 0.6) is 5.75 Å². The highest BCUT2D eigenvalue weighted by Crippen LogP contribution is 2.15. The zero-order chi connectivity index (χ0) is 18.2. The van der Waals surface area contributed by atoms with E-state index < -0.39 is 25.1 Å². The molecule has 0 radical (unpaired) electrons. The highest BCUT2D eigenvalue weighted by Gasteiger charge is 2.12. The Morgan fingerprint density at radius 1 is 1.16 bits per heavy atom. The molecule has 0 unspecified atom stereocenters. The summed E-state index contributed by atoms with van der Waals surface area (Å²) in [5.74, 6) is -1.47. The van der Waals surface area contributed by atoms with E-state index in [-0.39, 0.29) is 11.3 Å². The quantitative estimate of drug-likeness (QED) is 0.813. The number of benzene rings is 2. The zero-order valence-electron chi connectivity index (χ0n) is 12.7. The average molecular weight is 346 g/mol. The molecule has 2 rings (SSSR count). The molecule has 0 saturated carbocycles. The normalized spacial score (nSPS) is 10.0. The molecule has 2 aromatic carbocycles. The summed E-state index contributed by atoms with van der Waals surface area (Å²) in [5.41, 5.74) is 0.857. The van der Waals surface area contributed by atoms with Crippen LogP contribution in [-0.2, 0) is 9.53 Å². The Morgan fingerprint density at radius 3 is 2.52 bits per heavy atom. The van der Waals surface area contributed by atoms with Crippen molar-refractivity contribution >= 4 is 17.6 Å². The molecule has 0 atom stereocenters. The van der Waals surface area contributed by atoms with Gasteiger partial charge in [-0.3, -0.25) is 4.79 Å². The first kappa shape index (κ1) is 17.9. The Labute approximate surface area is 141 Å². The molecule has 2 aromatic rings. The zero-order valence-corrected chi connectivity index (χ0v) is 12.7. The lowest BCUT2D eigenvalue weighted by Crippen LogP contribution is -2.21. The van der Waals surface area contributed by atoms with Crippen molar-refractivity contribution in [3.05, 3.63) is 59.7 Å². The summed E-state index contributed by atoms with van der Waals surface area (Å²) in [4.78, 5) is 23.5. The summed E-state index contributed by atoms with van der Waals surface area (Å²) in [6.07, 6.45) is 0. The van der Waals surface area contributed by atoms with Crippen LogP contribution in [0.2, 0.25) is 0 Å². The number of nitrogens with one attached hydrogen (secondary N) is 1. The predicted molar refractivity (Wildman–Crippen MR) is 83.1 cm³/mol. The largest absolute Gasteiger partial charge is 0.452 e. The monoisotopic (exact) mass is 346 g/mol. The fraction of sp³-hybridized carbons (Fsp3) is 0.118. The Balaban J connectivity index is 1.86. The summed E-state index contributed by atoms with van der Waals surface area (Å²) in [6, 6.07) is 13.0. The van der Waals surface area contributed by atoms with Crippen molar-refractivity contribution in [1.29, 1.82) is 5.26 Å². The lowest BCUT2D eigenvalue weighted by Gasteiger charge is -2.08.